The fourth-order valence-electron chi connectivity index (χ4n) is 2.16. The standard InChI is InChI=1S/C17H17Cl3N2O5/c18-17(19,20)15(25)12-6-11(7-21-12)14(24)13(23)8-22-16(26)27-9-10-4-2-1-3-5-10/h1-7,13-14,21,23-24H,8-9H2,(H,22,26). The van der Waals surface area contributed by atoms with Crippen molar-refractivity contribution in [2.45, 2.75) is 22.6 Å². The van der Waals surface area contributed by atoms with Crippen molar-refractivity contribution in [3.63, 3.8) is 0 Å². The maximum absolute atomic E-state index is 11.8. The molecule has 0 aliphatic rings. The molecule has 0 bridgehead atoms. The highest BCUT2D eigenvalue weighted by atomic mass is 35.6. The molecule has 10 heteroatoms. The molecule has 0 saturated carbocycles. The van der Waals surface area contributed by atoms with Crippen LogP contribution in [0.2, 0.25) is 0 Å². The number of aromatic nitrogens is 1. The Bertz CT molecular complexity index is 776. The lowest BCUT2D eigenvalue weighted by molar-refractivity contribution is 0.0185. The average Bonchev–Trinajstić information content (AvgIpc) is 3.13. The molecule has 0 aliphatic carbocycles. The zero-order valence-corrected chi connectivity index (χ0v) is 16.1. The van der Waals surface area contributed by atoms with E-state index < -0.39 is 27.9 Å². The fourth-order valence-corrected chi connectivity index (χ4v) is 2.47. The van der Waals surface area contributed by atoms with Gasteiger partial charge in [-0.25, -0.2) is 4.79 Å². The Morgan fingerprint density at radius 3 is 2.48 bits per heavy atom. The SMILES string of the molecule is O=C(NCC(O)C(O)c1c[nH]c(C(=O)C(Cl)(Cl)Cl)c1)OCc1ccccc1. The number of amides is 1. The normalized spacial score (nSPS) is 13.7. The highest BCUT2D eigenvalue weighted by Gasteiger charge is 2.33. The monoisotopic (exact) mass is 434 g/mol. The zero-order valence-electron chi connectivity index (χ0n) is 13.9. The molecular formula is C17H17Cl3N2O5. The van der Waals surface area contributed by atoms with Crippen LogP contribution >= 0.6 is 34.8 Å². The summed E-state index contributed by atoms with van der Waals surface area (Å²) in [5.74, 6) is -0.803. The number of aliphatic hydroxyl groups excluding tert-OH is 2. The number of benzene rings is 1. The molecule has 0 fully saturated rings. The minimum Gasteiger partial charge on any atom is -0.445 e. The number of carbonyl (C=O) groups is 2. The van der Waals surface area contributed by atoms with Crippen molar-refractivity contribution in [2.75, 3.05) is 6.54 Å². The van der Waals surface area contributed by atoms with Crippen molar-refractivity contribution >= 4 is 46.7 Å². The van der Waals surface area contributed by atoms with E-state index in [4.69, 9.17) is 39.5 Å². The van der Waals surface area contributed by atoms with Crippen LogP contribution in [0, 0.1) is 0 Å². The van der Waals surface area contributed by atoms with Gasteiger partial charge in [0.05, 0.1) is 5.69 Å². The van der Waals surface area contributed by atoms with E-state index in [1.54, 1.807) is 12.1 Å². The number of carbonyl (C=O) groups excluding carboxylic acids is 2. The highest BCUT2D eigenvalue weighted by molar-refractivity contribution is 6.77. The summed E-state index contributed by atoms with van der Waals surface area (Å²) >= 11 is 16.5. The number of hydrogen-bond acceptors (Lipinski definition) is 5. The molecular weight excluding hydrogens is 419 g/mol. The van der Waals surface area contributed by atoms with Crippen molar-refractivity contribution in [1.29, 1.82) is 0 Å². The van der Waals surface area contributed by atoms with Gasteiger partial charge in [0.15, 0.2) is 0 Å². The smallest absolute Gasteiger partial charge is 0.407 e. The topological polar surface area (TPSA) is 112 Å². The largest absolute Gasteiger partial charge is 0.445 e. The minimum absolute atomic E-state index is 0.0357. The van der Waals surface area contributed by atoms with E-state index >= 15 is 0 Å². The van der Waals surface area contributed by atoms with Gasteiger partial charge in [0.1, 0.15) is 18.8 Å². The number of nitrogens with one attached hydrogen (secondary N) is 2. The predicted octanol–water partition coefficient (Wildman–Crippen LogP) is 2.89. The Morgan fingerprint density at radius 1 is 1.19 bits per heavy atom. The second-order valence-corrected chi connectivity index (χ2v) is 7.91. The van der Waals surface area contributed by atoms with Crippen LogP contribution in [0.15, 0.2) is 42.6 Å². The number of alkyl halides is 3. The van der Waals surface area contributed by atoms with Crippen LogP contribution in [0.5, 0.6) is 0 Å². The van der Waals surface area contributed by atoms with Crippen LogP contribution in [-0.4, -0.2) is 43.5 Å². The maximum atomic E-state index is 11.8. The van der Waals surface area contributed by atoms with Crippen LogP contribution < -0.4 is 5.32 Å². The summed E-state index contributed by atoms with van der Waals surface area (Å²) in [4.78, 5) is 26.1. The first-order valence-corrected chi connectivity index (χ1v) is 8.92. The molecule has 0 spiro atoms. The molecule has 2 atom stereocenters. The van der Waals surface area contributed by atoms with Gasteiger partial charge < -0.3 is 25.3 Å². The van der Waals surface area contributed by atoms with E-state index in [2.05, 4.69) is 10.3 Å². The second kappa shape index (κ2) is 9.43. The van der Waals surface area contributed by atoms with Crippen molar-refractivity contribution in [1.82, 2.24) is 10.3 Å². The quantitative estimate of drug-likeness (QED) is 0.395. The van der Waals surface area contributed by atoms with Gasteiger partial charge in [0, 0.05) is 18.3 Å². The number of ether oxygens (including phenoxy) is 1. The summed E-state index contributed by atoms with van der Waals surface area (Å²) in [5.41, 5.74) is 0.970. The van der Waals surface area contributed by atoms with Crippen LogP contribution in [0.3, 0.4) is 0 Å². The number of aromatic amines is 1. The van der Waals surface area contributed by atoms with Crippen LogP contribution in [0.4, 0.5) is 4.79 Å². The van der Waals surface area contributed by atoms with Gasteiger partial charge in [-0.2, -0.15) is 0 Å². The van der Waals surface area contributed by atoms with Gasteiger partial charge in [-0.05, 0) is 11.6 Å². The molecule has 2 aromatic rings. The third kappa shape index (κ3) is 6.41. The third-order valence-electron chi connectivity index (χ3n) is 3.58. The van der Waals surface area contributed by atoms with Gasteiger partial charge in [-0.1, -0.05) is 65.1 Å². The third-order valence-corrected chi connectivity index (χ3v) is 4.10. The molecule has 0 saturated heterocycles. The predicted molar refractivity (Wildman–Crippen MR) is 101 cm³/mol. The first-order chi connectivity index (χ1) is 12.7. The minimum atomic E-state index is -2.14. The Balaban J connectivity index is 1.83. The van der Waals surface area contributed by atoms with Gasteiger partial charge in [0.2, 0.25) is 5.78 Å². The molecule has 146 valence electrons. The van der Waals surface area contributed by atoms with Crippen molar-refractivity contribution in [2.24, 2.45) is 0 Å². The molecule has 7 nitrogen and oxygen atoms in total. The van der Waals surface area contributed by atoms with Crippen LogP contribution in [0.25, 0.3) is 0 Å². The van der Waals surface area contributed by atoms with Gasteiger partial charge >= 0.3 is 6.09 Å². The van der Waals surface area contributed by atoms with Crippen molar-refractivity contribution in [3.8, 4) is 0 Å². The van der Waals surface area contributed by atoms with Gasteiger partial charge in [0.25, 0.3) is 3.79 Å². The molecule has 1 aromatic heterocycles. The van der Waals surface area contributed by atoms with Gasteiger partial charge in [-0.15, -0.1) is 0 Å². The molecule has 2 unspecified atom stereocenters. The zero-order chi connectivity index (χ0) is 20.0. The molecule has 0 aliphatic heterocycles. The number of rotatable bonds is 7. The van der Waals surface area contributed by atoms with E-state index in [-0.39, 0.29) is 24.4 Å². The lowest BCUT2D eigenvalue weighted by Gasteiger charge is -2.17. The molecule has 1 aromatic carbocycles. The summed E-state index contributed by atoms with van der Waals surface area (Å²) in [5, 5.41) is 22.5. The average molecular weight is 436 g/mol. The lowest BCUT2D eigenvalue weighted by Crippen LogP contribution is -2.35. The Hall–Kier alpha value is -1.77. The fraction of sp³-hybridized carbons (Fsp3) is 0.294. The first-order valence-electron chi connectivity index (χ1n) is 7.79. The van der Waals surface area contributed by atoms with Crippen molar-refractivity contribution < 1.29 is 24.5 Å². The maximum Gasteiger partial charge on any atom is 0.407 e. The summed E-state index contributed by atoms with van der Waals surface area (Å²) in [6.07, 6.45) is -2.18. The summed E-state index contributed by atoms with van der Waals surface area (Å²) < 4.78 is 2.86. The number of halogens is 3. The molecule has 4 N–H and O–H groups in total. The summed E-state index contributed by atoms with van der Waals surface area (Å²) in [6, 6.07) is 10.3. The van der Waals surface area contributed by atoms with E-state index in [1.807, 2.05) is 18.2 Å². The number of alkyl carbamates (subject to hydrolysis) is 1. The van der Waals surface area contributed by atoms with E-state index in [0.29, 0.717) is 0 Å². The van der Waals surface area contributed by atoms with Crippen LogP contribution in [-0.2, 0) is 11.3 Å². The number of H-pyrrole nitrogens is 1. The van der Waals surface area contributed by atoms with E-state index in [9.17, 15) is 19.8 Å². The Labute approximate surface area is 170 Å². The summed E-state index contributed by atoms with van der Waals surface area (Å²) in [6.45, 7) is -0.195. The molecule has 1 heterocycles. The van der Waals surface area contributed by atoms with Crippen LogP contribution in [0.1, 0.15) is 27.7 Å². The number of Topliss-reactive ketones (excluding diaryl/α,β-unsaturated/α-hetero) is 1. The summed E-state index contributed by atoms with van der Waals surface area (Å²) in [7, 11) is 0. The molecule has 2 rings (SSSR count). The number of ketones is 1. The first kappa shape index (κ1) is 21.5. The second-order valence-electron chi connectivity index (χ2n) is 5.63. The number of hydrogen-bond donors (Lipinski definition) is 4. The molecule has 27 heavy (non-hydrogen) atoms. The lowest BCUT2D eigenvalue weighted by atomic mass is 10.1. The van der Waals surface area contributed by atoms with E-state index in [0.717, 1.165) is 5.56 Å². The number of aliphatic hydroxyl groups is 2. The molecule has 1 amide bonds. The highest BCUT2D eigenvalue weighted by Crippen LogP contribution is 2.31. The van der Waals surface area contributed by atoms with Crippen molar-refractivity contribution in [3.05, 3.63) is 59.4 Å². The van der Waals surface area contributed by atoms with E-state index in [1.165, 1.54) is 12.3 Å². The Morgan fingerprint density at radius 2 is 1.85 bits per heavy atom. The Kier molecular flexibility index (Phi) is 7.52. The molecule has 0 radical (unpaired) electrons. The van der Waals surface area contributed by atoms with Gasteiger partial charge in [-0.3, -0.25) is 4.79 Å².